The third-order valence-corrected chi connectivity index (χ3v) is 2.19. The van der Waals surface area contributed by atoms with E-state index in [0.29, 0.717) is 12.3 Å². The number of nitrogens with zero attached hydrogens (tertiary/aromatic N) is 2. The average Bonchev–Trinajstić information content (AvgIpc) is 2.26. The minimum Gasteiger partial charge on any atom is -0.481 e. The zero-order valence-electron chi connectivity index (χ0n) is 9.73. The Labute approximate surface area is 95.7 Å². The predicted molar refractivity (Wildman–Crippen MR) is 63.7 cm³/mol. The fourth-order valence-electron chi connectivity index (χ4n) is 1.33. The molecule has 0 spiro atoms. The molecule has 0 aliphatic carbocycles. The molecule has 5 nitrogen and oxygen atoms in total. The number of rotatable bonds is 6. The second kappa shape index (κ2) is 6.07. The second-order valence-electron chi connectivity index (χ2n) is 3.68. The fraction of sp³-hybridized carbons (Fsp3) is 0.455. The van der Waals surface area contributed by atoms with Crippen LogP contribution in [0.5, 0.6) is 5.88 Å². The molecular formula is C11H18N4O. The van der Waals surface area contributed by atoms with Crippen molar-refractivity contribution in [2.24, 2.45) is 5.73 Å². The molecule has 3 N–H and O–H groups in total. The van der Waals surface area contributed by atoms with Crippen LogP contribution in [-0.4, -0.2) is 36.4 Å². The Balaban J connectivity index is 2.48. The van der Waals surface area contributed by atoms with E-state index in [0.717, 1.165) is 18.8 Å². The fourth-order valence-corrected chi connectivity index (χ4v) is 1.33. The number of amidine groups is 1. The van der Waals surface area contributed by atoms with Gasteiger partial charge in [0.1, 0.15) is 0 Å². The summed E-state index contributed by atoms with van der Waals surface area (Å²) in [5.41, 5.74) is 6.25. The summed E-state index contributed by atoms with van der Waals surface area (Å²) in [4.78, 5) is 6.38. The van der Waals surface area contributed by atoms with E-state index in [-0.39, 0.29) is 5.84 Å². The van der Waals surface area contributed by atoms with E-state index in [1.54, 1.807) is 7.11 Å². The number of nitrogens with one attached hydrogen (secondary N) is 1. The van der Waals surface area contributed by atoms with Crippen molar-refractivity contribution in [2.45, 2.75) is 13.0 Å². The highest BCUT2D eigenvalue weighted by Crippen LogP contribution is 2.08. The first kappa shape index (κ1) is 12.4. The molecule has 0 amide bonds. The lowest BCUT2D eigenvalue weighted by Gasteiger charge is -2.15. The molecule has 1 aromatic rings. The molecule has 0 saturated carbocycles. The number of hydrogen-bond acceptors (Lipinski definition) is 4. The molecule has 0 saturated heterocycles. The maximum atomic E-state index is 7.15. The second-order valence-corrected chi connectivity index (χ2v) is 3.68. The largest absolute Gasteiger partial charge is 0.481 e. The van der Waals surface area contributed by atoms with Gasteiger partial charge in [-0.25, -0.2) is 4.98 Å². The van der Waals surface area contributed by atoms with Gasteiger partial charge in [0, 0.05) is 25.6 Å². The van der Waals surface area contributed by atoms with Crippen molar-refractivity contribution in [2.75, 3.05) is 20.7 Å². The number of pyridine rings is 1. The summed E-state index contributed by atoms with van der Waals surface area (Å²) in [7, 11) is 3.58. The molecule has 1 heterocycles. The van der Waals surface area contributed by atoms with Crippen molar-refractivity contribution < 1.29 is 4.74 Å². The van der Waals surface area contributed by atoms with Crippen LogP contribution in [0.3, 0.4) is 0 Å². The van der Waals surface area contributed by atoms with Crippen LogP contribution in [0.25, 0.3) is 0 Å². The molecule has 0 atom stereocenters. The van der Waals surface area contributed by atoms with Gasteiger partial charge in [0.15, 0.2) is 0 Å². The van der Waals surface area contributed by atoms with Crippen molar-refractivity contribution in [1.29, 1.82) is 5.41 Å². The van der Waals surface area contributed by atoms with Crippen LogP contribution in [0, 0.1) is 5.41 Å². The highest BCUT2D eigenvalue weighted by atomic mass is 16.5. The minimum absolute atomic E-state index is 0.213. The SMILES string of the molecule is COc1cccc(CN(C)CCC(=N)N)n1. The molecule has 0 unspecified atom stereocenters. The molecule has 1 aromatic heterocycles. The normalized spacial score (nSPS) is 10.4. The molecule has 0 radical (unpaired) electrons. The molecule has 0 aliphatic heterocycles. The highest BCUT2D eigenvalue weighted by molar-refractivity contribution is 5.76. The van der Waals surface area contributed by atoms with Crippen LogP contribution >= 0.6 is 0 Å². The van der Waals surface area contributed by atoms with E-state index in [1.165, 1.54) is 0 Å². The Bertz CT molecular complexity index is 354. The van der Waals surface area contributed by atoms with Gasteiger partial charge < -0.3 is 15.4 Å². The lowest BCUT2D eigenvalue weighted by atomic mass is 10.3. The van der Waals surface area contributed by atoms with Crippen molar-refractivity contribution in [3.63, 3.8) is 0 Å². The summed E-state index contributed by atoms with van der Waals surface area (Å²) in [6.07, 6.45) is 0.584. The summed E-state index contributed by atoms with van der Waals surface area (Å²) >= 11 is 0. The van der Waals surface area contributed by atoms with Gasteiger partial charge in [-0.1, -0.05) is 6.07 Å². The Hall–Kier alpha value is -1.62. The van der Waals surface area contributed by atoms with E-state index in [1.807, 2.05) is 25.2 Å². The van der Waals surface area contributed by atoms with Gasteiger partial charge >= 0.3 is 0 Å². The summed E-state index contributed by atoms with van der Waals surface area (Å²) in [5.74, 6) is 0.836. The van der Waals surface area contributed by atoms with Crippen LogP contribution in [0.1, 0.15) is 12.1 Å². The van der Waals surface area contributed by atoms with E-state index in [2.05, 4.69) is 9.88 Å². The molecule has 0 fully saturated rings. The standard InChI is InChI=1S/C11H18N4O/c1-15(7-6-10(12)13)8-9-4-3-5-11(14-9)16-2/h3-5H,6-8H2,1-2H3,(H3,12,13). The van der Waals surface area contributed by atoms with Crippen molar-refractivity contribution >= 4 is 5.84 Å². The van der Waals surface area contributed by atoms with Crippen LogP contribution in [-0.2, 0) is 6.54 Å². The smallest absolute Gasteiger partial charge is 0.213 e. The van der Waals surface area contributed by atoms with Gasteiger partial charge in [-0.15, -0.1) is 0 Å². The maximum Gasteiger partial charge on any atom is 0.213 e. The lowest BCUT2D eigenvalue weighted by Crippen LogP contribution is -2.24. The molecule has 0 bridgehead atoms. The third kappa shape index (κ3) is 4.27. The summed E-state index contributed by atoms with van der Waals surface area (Å²) in [6.45, 7) is 1.48. The monoisotopic (exact) mass is 222 g/mol. The number of aromatic nitrogens is 1. The molecule has 5 heteroatoms. The lowest BCUT2D eigenvalue weighted by molar-refractivity contribution is 0.328. The average molecular weight is 222 g/mol. The van der Waals surface area contributed by atoms with Gasteiger partial charge in [-0.05, 0) is 13.1 Å². The maximum absolute atomic E-state index is 7.15. The number of ether oxygens (including phenoxy) is 1. The Morgan fingerprint density at radius 2 is 2.31 bits per heavy atom. The first-order chi connectivity index (χ1) is 7.61. The summed E-state index contributed by atoms with van der Waals surface area (Å²) in [5, 5.41) is 7.15. The Morgan fingerprint density at radius 3 is 2.94 bits per heavy atom. The number of hydrogen-bond donors (Lipinski definition) is 2. The van der Waals surface area contributed by atoms with Gasteiger partial charge in [-0.3, -0.25) is 5.41 Å². The van der Waals surface area contributed by atoms with Crippen molar-refractivity contribution in [3.05, 3.63) is 23.9 Å². The quantitative estimate of drug-likeness (QED) is 0.552. The first-order valence-electron chi connectivity index (χ1n) is 5.13. The van der Waals surface area contributed by atoms with Crippen molar-refractivity contribution in [1.82, 2.24) is 9.88 Å². The van der Waals surface area contributed by atoms with Crippen LogP contribution in [0.15, 0.2) is 18.2 Å². The molecule has 0 aromatic carbocycles. The minimum atomic E-state index is 0.213. The van der Waals surface area contributed by atoms with Crippen LogP contribution in [0.2, 0.25) is 0 Å². The van der Waals surface area contributed by atoms with Crippen LogP contribution < -0.4 is 10.5 Å². The highest BCUT2D eigenvalue weighted by Gasteiger charge is 2.03. The van der Waals surface area contributed by atoms with Gasteiger partial charge in [0.05, 0.1) is 18.6 Å². The predicted octanol–water partition coefficient (Wildman–Crippen LogP) is 0.848. The molecular weight excluding hydrogens is 204 g/mol. The van der Waals surface area contributed by atoms with Gasteiger partial charge in [-0.2, -0.15) is 0 Å². The zero-order chi connectivity index (χ0) is 12.0. The van der Waals surface area contributed by atoms with Gasteiger partial charge in [0.25, 0.3) is 0 Å². The Kier molecular flexibility index (Phi) is 4.72. The van der Waals surface area contributed by atoms with E-state index in [9.17, 15) is 0 Å². The van der Waals surface area contributed by atoms with E-state index >= 15 is 0 Å². The molecule has 16 heavy (non-hydrogen) atoms. The number of nitrogens with two attached hydrogens (primary N) is 1. The van der Waals surface area contributed by atoms with Gasteiger partial charge in [0.2, 0.25) is 5.88 Å². The molecule has 88 valence electrons. The van der Waals surface area contributed by atoms with E-state index < -0.39 is 0 Å². The number of methoxy groups -OCH3 is 1. The summed E-state index contributed by atoms with van der Waals surface area (Å²) in [6, 6.07) is 5.69. The molecule has 0 aliphatic rings. The third-order valence-electron chi connectivity index (χ3n) is 2.19. The summed E-state index contributed by atoms with van der Waals surface area (Å²) < 4.78 is 5.05. The molecule has 1 rings (SSSR count). The Morgan fingerprint density at radius 1 is 1.56 bits per heavy atom. The van der Waals surface area contributed by atoms with Crippen LogP contribution in [0.4, 0.5) is 0 Å². The first-order valence-corrected chi connectivity index (χ1v) is 5.13. The zero-order valence-corrected chi connectivity index (χ0v) is 9.73. The van der Waals surface area contributed by atoms with Crippen molar-refractivity contribution in [3.8, 4) is 5.88 Å². The topological polar surface area (TPSA) is 75.2 Å². The van der Waals surface area contributed by atoms with E-state index in [4.69, 9.17) is 15.9 Å².